The Labute approximate surface area is 107 Å². The first kappa shape index (κ1) is 15.1. The largest absolute Gasteiger partial charge is 0.330 e. The van der Waals surface area contributed by atoms with E-state index >= 15 is 0 Å². The van der Waals surface area contributed by atoms with E-state index in [1.165, 1.54) is 12.1 Å². The maximum Gasteiger partial charge on any atom is 0.240 e. The molecule has 1 aromatic carbocycles. The number of nitrogens with one attached hydrogen (secondary N) is 1. The molecule has 0 atom stereocenters. The molecule has 0 unspecified atom stereocenters. The monoisotopic (exact) mass is 274 g/mol. The molecule has 0 fully saturated rings. The SMILES string of the molecule is CC(C)(CCN)CNS(=O)(=O)c1ccc(F)cc1. The standard InChI is InChI=1S/C12H19FN2O2S/c1-12(2,7-8-14)9-15-18(16,17)11-5-3-10(13)4-6-11/h3-6,15H,7-9,14H2,1-2H3. The summed E-state index contributed by atoms with van der Waals surface area (Å²) in [5, 5.41) is 0. The zero-order valence-electron chi connectivity index (χ0n) is 10.6. The Morgan fingerprint density at radius 2 is 1.83 bits per heavy atom. The number of sulfonamides is 1. The van der Waals surface area contributed by atoms with Gasteiger partial charge in [-0.3, -0.25) is 0 Å². The highest BCUT2D eigenvalue weighted by Gasteiger charge is 2.21. The summed E-state index contributed by atoms with van der Waals surface area (Å²) in [4.78, 5) is 0.0625. The van der Waals surface area contributed by atoms with E-state index in [2.05, 4.69) is 4.72 Å². The van der Waals surface area contributed by atoms with Crippen LogP contribution >= 0.6 is 0 Å². The Morgan fingerprint density at radius 3 is 2.33 bits per heavy atom. The summed E-state index contributed by atoms with van der Waals surface area (Å²) in [7, 11) is -3.59. The van der Waals surface area contributed by atoms with Crippen LogP contribution in [0.3, 0.4) is 0 Å². The lowest BCUT2D eigenvalue weighted by Crippen LogP contribution is -2.35. The molecule has 0 aliphatic heterocycles. The molecule has 0 aliphatic rings. The van der Waals surface area contributed by atoms with Crippen molar-refractivity contribution in [3.63, 3.8) is 0 Å². The van der Waals surface area contributed by atoms with Crippen LogP contribution in [0, 0.1) is 11.2 Å². The van der Waals surface area contributed by atoms with Gasteiger partial charge in [-0.15, -0.1) is 0 Å². The number of benzene rings is 1. The maximum atomic E-state index is 12.7. The molecule has 1 rings (SSSR count). The summed E-state index contributed by atoms with van der Waals surface area (Å²) in [5.41, 5.74) is 5.26. The van der Waals surface area contributed by atoms with Gasteiger partial charge in [0.15, 0.2) is 0 Å². The minimum atomic E-state index is -3.59. The number of halogens is 1. The lowest BCUT2D eigenvalue weighted by molar-refractivity contribution is 0.340. The van der Waals surface area contributed by atoms with Gasteiger partial charge < -0.3 is 5.73 Å². The molecular formula is C12H19FN2O2S. The molecule has 1 aromatic rings. The summed E-state index contributed by atoms with van der Waals surface area (Å²) in [6, 6.07) is 4.74. The van der Waals surface area contributed by atoms with Gasteiger partial charge in [0.1, 0.15) is 5.82 Å². The molecule has 0 saturated heterocycles. The zero-order valence-corrected chi connectivity index (χ0v) is 11.4. The lowest BCUT2D eigenvalue weighted by Gasteiger charge is -2.24. The van der Waals surface area contributed by atoms with Gasteiger partial charge in [0.05, 0.1) is 4.90 Å². The second-order valence-electron chi connectivity index (χ2n) is 4.98. The molecule has 102 valence electrons. The molecule has 0 saturated carbocycles. The van der Waals surface area contributed by atoms with Gasteiger partial charge in [0, 0.05) is 6.54 Å². The number of hydrogen-bond donors (Lipinski definition) is 2. The molecule has 0 aromatic heterocycles. The van der Waals surface area contributed by atoms with E-state index in [1.54, 1.807) is 0 Å². The van der Waals surface area contributed by atoms with Crippen LogP contribution in [0.4, 0.5) is 4.39 Å². The summed E-state index contributed by atoms with van der Waals surface area (Å²) < 4.78 is 39.1. The summed E-state index contributed by atoms with van der Waals surface area (Å²) in [6.45, 7) is 4.68. The molecule has 0 amide bonds. The lowest BCUT2D eigenvalue weighted by atomic mass is 9.90. The zero-order chi connectivity index (χ0) is 13.8. The van der Waals surface area contributed by atoms with Gasteiger partial charge in [-0.05, 0) is 42.6 Å². The number of nitrogens with two attached hydrogens (primary N) is 1. The first-order chi connectivity index (χ1) is 8.27. The van der Waals surface area contributed by atoms with E-state index in [4.69, 9.17) is 5.73 Å². The summed E-state index contributed by atoms with van der Waals surface area (Å²) in [6.07, 6.45) is 0.721. The van der Waals surface area contributed by atoms with Gasteiger partial charge in [-0.25, -0.2) is 17.5 Å². The van der Waals surface area contributed by atoms with Crippen LogP contribution in [0.1, 0.15) is 20.3 Å². The Balaban J connectivity index is 2.74. The van der Waals surface area contributed by atoms with Crippen LogP contribution in [0.5, 0.6) is 0 Å². The first-order valence-electron chi connectivity index (χ1n) is 5.72. The van der Waals surface area contributed by atoms with Crippen molar-refractivity contribution in [1.29, 1.82) is 0 Å². The highest BCUT2D eigenvalue weighted by Crippen LogP contribution is 2.19. The highest BCUT2D eigenvalue weighted by atomic mass is 32.2. The van der Waals surface area contributed by atoms with E-state index in [1.807, 2.05) is 13.8 Å². The van der Waals surface area contributed by atoms with Crippen molar-refractivity contribution in [3.8, 4) is 0 Å². The van der Waals surface area contributed by atoms with E-state index in [-0.39, 0.29) is 10.3 Å². The average Bonchev–Trinajstić information content (AvgIpc) is 2.27. The molecule has 4 nitrogen and oxygen atoms in total. The Bertz CT molecular complexity index is 483. The highest BCUT2D eigenvalue weighted by molar-refractivity contribution is 7.89. The second kappa shape index (κ2) is 5.77. The van der Waals surface area contributed by atoms with Crippen molar-refractivity contribution in [2.45, 2.75) is 25.2 Å². The molecule has 3 N–H and O–H groups in total. The number of rotatable bonds is 6. The topological polar surface area (TPSA) is 72.2 Å². The Kier molecular flexibility index (Phi) is 4.84. The quantitative estimate of drug-likeness (QED) is 0.825. The molecule has 0 spiro atoms. The van der Waals surface area contributed by atoms with E-state index in [0.29, 0.717) is 13.1 Å². The van der Waals surface area contributed by atoms with Crippen molar-refractivity contribution >= 4 is 10.0 Å². The average molecular weight is 274 g/mol. The smallest absolute Gasteiger partial charge is 0.240 e. The molecule has 0 heterocycles. The third kappa shape index (κ3) is 4.36. The van der Waals surface area contributed by atoms with Crippen LogP contribution in [0.15, 0.2) is 29.2 Å². The summed E-state index contributed by atoms with van der Waals surface area (Å²) in [5.74, 6) is -0.461. The minimum absolute atomic E-state index is 0.0625. The Morgan fingerprint density at radius 1 is 1.28 bits per heavy atom. The van der Waals surface area contributed by atoms with Crippen LogP contribution < -0.4 is 10.5 Å². The summed E-state index contributed by atoms with van der Waals surface area (Å²) >= 11 is 0. The maximum absolute atomic E-state index is 12.7. The van der Waals surface area contributed by atoms with Crippen molar-refractivity contribution in [3.05, 3.63) is 30.1 Å². The molecule has 0 aliphatic carbocycles. The van der Waals surface area contributed by atoms with E-state index < -0.39 is 15.8 Å². The first-order valence-corrected chi connectivity index (χ1v) is 7.20. The fraction of sp³-hybridized carbons (Fsp3) is 0.500. The van der Waals surface area contributed by atoms with Crippen LogP contribution in [-0.2, 0) is 10.0 Å². The van der Waals surface area contributed by atoms with Gasteiger partial charge in [-0.1, -0.05) is 13.8 Å². The fourth-order valence-electron chi connectivity index (χ4n) is 1.47. The molecule has 18 heavy (non-hydrogen) atoms. The third-order valence-electron chi connectivity index (χ3n) is 2.69. The predicted octanol–water partition coefficient (Wildman–Crippen LogP) is 1.48. The molecule has 0 radical (unpaired) electrons. The predicted molar refractivity (Wildman–Crippen MR) is 69.0 cm³/mol. The van der Waals surface area contributed by atoms with Gasteiger partial charge in [-0.2, -0.15) is 0 Å². The molecule has 0 bridgehead atoms. The Hall–Kier alpha value is -0.980. The van der Waals surface area contributed by atoms with E-state index in [0.717, 1.165) is 18.6 Å². The third-order valence-corrected chi connectivity index (χ3v) is 4.10. The fourth-order valence-corrected chi connectivity index (χ4v) is 2.71. The van der Waals surface area contributed by atoms with Crippen LogP contribution in [0.2, 0.25) is 0 Å². The van der Waals surface area contributed by atoms with Crippen molar-refractivity contribution in [2.75, 3.05) is 13.1 Å². The van der Waals surface area contributed by atoms with Gasteiger partial charge >= 0.3 is 0 Å². The number of hydrogen-bond acceptors (Lipinski definition) is 3. The second-order valence-corrected chi connectivity index (χ2v) is 6.75. The van der Waals surface area contributed by atoms with Gasteiger partial charge in [0.25, 0.3) is 0 Å². The van der Waals surface area contributed by atoms with Crippen LogP contribution in [0.25, 0.3) is 0 Å². The van der Waals surface area contributed by atoms with Crippen molar-refractivity contribution in [1.82, 2.24) is 4.72 Å². The van der Waals surface area contributed by atoms with E-state index in [9.17, 15) is 12.8 Å². The van der Waals surface area contributed by atoms with Crippen molar-refractivity contribution in [2.24, 2.45) is 11.1 Å². The molecular weight excluding hydrogens is 255 g/mol. The normalized spacial score (nSPS) is 12.7. The molecule has 6 heteroatoms. The minimum Gasteiger partial charge on any atom is -0.330 e. The van der Waals surface area contributed by atoms with Crippen LogP contribution in [-0.4, -0.2) is 21.5 Å². The van der Waals surface area contributed by atoms with Gasteiger partial charge in [0.2, 0.25) is 10.0 Å². The van der Waals surface area contributed by atoms with Crippen molar-refractivity contribution < 1.29 is 12.8 Å².